The van der Waals surface area contributed by atoms with Gasteiger partial charge in [-0.1, -0.05) is 136 Å². The van der Waals surface area contributed by atoms with Crippen molar-refractivity contribution in [3.63, 3.8) is 0 Å². The third-order valence-electron chi connectivity index (χ3n) is 10.8. The molecule has 2 aliphatic rings. The van der Waals surface area contributed by atoms with Gasteiger partial charge >= 0.3 is 0 Å². The molecule has 0 N–H and O–H groups in total. The summed E-state index contributed by atoms with van der Waals surface area (Å²) >= 11 is 0. The van der Waals surface area contributed by atoms with Crippen molar-refractivity contribution in [1.82, 2.24) is 0 Å². The normalized spacial score (nSPS) is 19.1. The summed E-state index contributed by atoms with van der Waals surface area (Å²) in [5.74, 6) is -0.206. The molecule has 0 amide bonds. The van der Waals surface area contributed by atoms with Crippen LogP contribution in [0.15, 0.2) is 110 Å². The van der Waals surface area contributed by atoms with Crippen molar-refractivity contribution in [3.05, 3.63) is 138 Å². The van der Waals surface area contributed by atoms with Crippen LogP contribution >= 0.6 is 0 Å². The Kier molecular flexibility index (Phi) is 10.6. The van der Waals surface area contributed by atoms with E-state index in [1.807, 2.05) is 25.1 Å². The SMILES string of the molecule is C=C(CCc1ccccc1)c1c(C=C(C)c2cccc(C(C)C(=O)CC3CCCC3S(=O)(=O)C3CCC3)c2)cccc1-c1ccccc1. The number of rotatable bonds is 13. The molecular formula is C44H48O3S. The van der Waals surface area contributed by atoms with Crippen LogP contribution in [0.2, 0.25) is 0 Å². The summed E-state index contributed by atoms with van der Waals surface area (Å²) < 4.78 is 26.5. The lowest BCUT2D eigenvalue weighted by Crippen LogP contribution is -2.39. The van der Waals surface area contributed by atoms with E-state index in [2.05, 4.69) is 105 Å². The number of benzene rings is 4. The lowest BCUT2D eigenvalue weighted by molar-refractivity contribution is -0.121. The molecule has 4 aromatic rings. The van der Waals surface area contributed by atoms with Crippen molar-refractivity contribution in [3.8, 4) is 11.1 Å². The number of carbonyl (C=O) groups is 1. The molecule has 0 radical (unpaired) electrons. The van der Waals surface area contributed by atoms with Crippen LogP contribution in [0.5, 0.6) is 0 Å². The second-order valence-electron chi connectivity index (χ2n) is 13.9. The number of hydrogen-bond donors (Lipinski definition) is 0. The van der Waals surface area contributed by atoms with Crippen LogP contribution in [0.3, 0.4) is 0 Å². The van der Waals surface area contributed by atoms with Crippen LogP contribution in [-0.4, -0.2) is 24.7 Å². The summed E-state index contributed by atoms with van der Waals surface area (Å²) in [6.07, 6.45) is 9.38. The van der Waals surface area contributed by atoms with Gasteiger partial charge in [-0.3, -0.25) is 4.79 Å². The number of sulfone groups is 1. The standard InChI is InChI=1S/C44H48O3S/c1-31(26-27-34-14-6-4-7-15-34)44-39(21-11-24-41(44)35-16-8-5-9-17-35)28-32(2)36-18-10-19-37(29-36)33(3)42(45)30-38-20-12-25-43(38)48(46,47)40-22-13-23-40/h4-11,14-19,21,24,28-29,33,38,40,43H,1,12-13,20,22-23,25-27,30H2,2-3H3. The highest BCUT2D eigenvalue weighted by molar-refractivity contribution is 7.92. The molecule has 3 nitrogen and oxygen atoms in total. The second-order valence-corrected chi connectivity index (χ2v) is 16.4. The molecular weight excluding hydrogens is 609 g/mol. The van der Waals surface area contributed by atoms with Crippen LogP contribution < -0.4 is 0 Å². The zero-order valence-corrected chi connectivity index (χ0v) is 29.2. The monoisotopic (exact) mass is 656 g/mol. The van der Waals surface area contributed by atoms with E-state index in [9.17, 15) is 13.2 Å². The highest BCUT2D eigenvalue weighted by Gasteiger charge is 2.44. The van der Waals surface area contributed by atoms with Gasteiger partial charge in [0, 0.05) is 12.3 Å². The number of hydrogen-bond acceptors (Lipinski definition) is 3. The molecule has 248 valence electrons. The minimum atomic E-state index is -3.15. The molecule has 0 aromatic heterocycles. The third kappa shape index (κ3) is 7.50. The summed E-state index contributed by atoms with van der Waals surface area (Å²) in [6.45, 7) is 8.71. The topological polar surface area (TPSA) is 51.2 Å². The van der Waals surface area contributed by atoms with E-state index in [-0.39, 0.29) is 28.1 Å². The van der Waals surface area contributed by atoms with Crippen molar-refractivity contribution >= 4 is 32.8 Å². The summed E-state index contributed by atoms with van der Waals surface area (Å²) in [5.41, 5.74) is 10.2. The minimum Gasteiger partial charge on any atom is -0.299 e. The maximum absolute atomic E-state index is 13.6. The fourth-order valence-corrected chi connectivity index (χ4v) is 10.4. The Balaban J connectivity index is 1.24. The zero-order valence-electron chi connectivity index (χ0n) is 28.4. The Labute approximate surface area is 287 Å². The average molecular weight is 657 g/mol. The Morgan fingerprint density at radius 2 is 1.54 bits per heavy atom. The van der Waals surface area contributed by atoms with Crippen molar-refractivity contribution < 1.29 is 13.2 Å². The first-order valence-corrected chi connectivity index (χ1v) is 19.3. The Morgan fingerprint density at radius 3 is 2.25 bits per heavy atom. The van der Waals surface area contributed by atoms with Gasteiger partial charge in [0.25, 0.3) is 0 Å². The number of Topliss-reactive ketones (excluding diaryl/α,β-unsaturated/α-hetero) is 1. The van der Waals surface area contributed by atoms with E-state index < -0.39 is 9.84 Å². The van der Waals surface area contributed by atoms with Gasteiger partial charge < -0.3 is 0 Å². The molecule has 6 rings (SSSR count). The van der Waals surface area contributed by atoms with Gasteiger partial charge in [-0.25, -0.2) is 8.42 Å². The molecule has 0 saturated heterocycles. The molecule has 2 fully saturated rings. The van der Waals surface area contributed by atoms with E-state index in [0.717, 1.165) is 72.8 Å². The van der Waals surface area contributed by atoms with Crippen LogP contribution in [0.4, 0.5) is 0 Å². The highest BCUT2D eigenvalue weighted by Crippen LogP contribution is 2.41. The maximum atomic E-state index is 13.6. The predicted octanol–water partition coefficient (Wildman–Crippen LogP) is 10.8. The maximum Gasteiger partial charge on any atom is 0.156 e. The molecule has 3 atom stereocenters. The van der Waals surface area contributed by atoms with Gasteiger partial charge in [0.15, 0.2) is 9.84 Å². The molecule has 4 heteroatoms. The summed E-state index contributed by atoms with van der Waals surface area (Å²) in [7, 11) is -3.15. The lowest BCUT2D eigenvalue weighted by atomic mass is 9.86. The first-order valence-electron chi connectivity index (χ1n) is 17.7. The summed E-state index contributed by atoms with van der Waals surface area (Å²) in [4.78, 5) is 13.6. The minimum absolute atomic E-state index is 0.0549. The van der Waals surface area contributed by atoms with Gasteiger partial charge in [0.2, 0.25) is 0 Å². The van der Waals surface area contributed by atoms with Crippen LogP contribution in [-0.2, 0) is 21.1 Å². The Bertz CT molecular complexity index is 1880. The molecule has 3 unspecified atom stereocenters. The van der Waals surface area contributed by atoms with E-state index in [4.69, 9.17) is 0 Å². The first kappa shape index (κ1) is 33.9. The van der Waals surface area contributed by atoms with Crippen LogP contribution in [0.1, 0.15) is 98.9 Å². The van der Waals surface area contributed by atoms with Crippen molar-refractivity contribution in [2.24, 2.45) is 5.92 Å². The summed E-state index contributed by atoms with van der Waals surface area (Å²) in [6, 6.07) is 35.9. The van der Waals surface area contributed by atoms with Gasteiger partial charge in [-0.15, -0.1) is 0 Å². The number of ketones is 1. The number of allylic oxidation sites excluding steroid dienone is 2. The molecule has 2 aliphatic carbocycles. The van der Waals surface area contributed by atoms with Crippen LogP contribution in [0, 0.1) is 5.92 Å². The molecule has 0 spiro atoms. The molecule has 48 heavy (non-hydrogen) atoms. The largest absolute Gasteiger partial charge is 0.299 e. The van der Waals surface area contributed by atoms with Crippen LogP contribution in [0.25, 0.3) is 28.3 Å². The Morgan fingerprint density at radius 1 is 0.854 bits per heavy atom. The van der Waals surface area contributed by atoms with E-state index in [1.165, 1.54) is 22.3 Å². The van der Waals surface area contributed by atoms with E-state index in [1.54, 1.807) is 0 Å². The summed E-state index contributed by atoms with van der Waals surface area (Å²) in [5, 5.41) is -0.532. The molecule has 0 aliphatic heterocycles. The molecule has 2 saturated carbocycles. The second kappa shape index (κ2) is 15.0. The fourth-order valence-electron chi connectivity index (χ4n) is 7.61. The van der Waals surface area contributed by atoms with E-state index >= 15 is 0 Å². The number of carbonyl (C=O) groups excluding carboxylic acids is 1. The van der Waals surface area contributed by atoms with Crippen molar-refractivity contribution in [1.29, 1.82) is 0 Å². The Hall–Kier alpha value is -4.02. The molecule has 0 bridgehead atoms. The van der Waals surface area contributed by atoms with Crippen molar-refractivity contribution in [2.45, 2.75) is 88.1 Å². The lowest BCUT2D eigenvalue weighted by Gasteiger charge is -2.31. The molecule has 4 aromatic carbocycles. The first-order chi connectivity index (χ1) is 23.2. The van der Waals surface area contributed by atoms with Gasteiger partial charge in [-0.05, 0) is 101 Å². The zero-order chi connectivity index (χ0) is 33.7. The number of aryl methyl sites for hydroxylation is 1. The third-order valence-corrected chi connectivity index (χ3v) is 13.6. The van der Waals surface area contributed by atoms with Crippen molar-refractivity contribution in [2.75, 3.05) is 0 Å². The highest BCUT2D eigenvalue weighted by atomic mass is 32.2. The fraction of sp³-hybridized carbons (Fsp3) is 0.341. The average Bonchev–Trinajstić information content (AvgIpc) is 3.56. The van der Waals surface area contributed by atoms with Gasteiger partial charge in [0.05, 0.1) is 10.5 Å². The quantitative estimate of drug-likeness (QED) is 0.135. The van der Waals surface area contributed by atoms with Gasteiger partial charge in [0.1, 0.15) is 5.78 Å². The smallest absolute Gasteiger partial charge is 0.156 e. The predicted molar refractivity (Wildman–Crippen MR) is 201 cm³/mol. The van der Waals surface area contributed by atoms with E-state index in [0.29, 0.717) is 12.8 Å². The molecule has 0 heterocycles. The van der Waals surface area contributed by atoms with Gasteiger partial charge in [-0.2, -0.15) is 0 Å².